The molecule has 0 bridgehead atoms. The van der Waals surface area contributed by atoms with E-state index in [1.54, 1.807) is 49.4 Å². The summed E-state index contributed by atoms with van der Waals surface area (Å²) < 4.78 is 27.4. The highest BCUT2D eigenvalue weighted by Crippen LogP contribution is 2.29. The van der Waals surface area contributed by atoms with E-state index in [2.05, 4.69) is 15.4 Å². The number of aliphatic hydroxyl groups is 1. The summed E-state index contributed by atoms with van der Waals surface area (Å²) in [6, 6.07) is 16.6. The van der Waals surface area contributed by atoms with Crippen molar-refractivity contribution in [2.75, 3.05) is 13.1 Å². The summed E-state index contributed by atoms with van der Waals surface area (Å²) >= 11 is 0. The molecule has 0 aliphatic heterocycles. The summed E-state index contributed by atoms with van der Waals surface area (Å²) in [5.74, 6) is -0.559. The van der Waals surface area contributed by atoms with Crippen LogP contribution in [0.15, 0.2) is 65.6 Å². The monoisotopic (exact) mass is 487 g/mol. The molecule has 2 amide bonds. The molecular formula is C25H33N3O5S. The first-order valence-corrected chi connectivity index (χ1v) is 13.1. The standard InChI is InChI=1S/C25H33N3O5S/c1-18(24(30)26-17-23(29)20-8-4-2-5-9-20)28-25(31)21-14-12-19(13-15-21)16-27-34(32,33)22-10-6-3-7-11-22/h2-11,18-19,21,23,27,29H,12-17H2,1H3,(H,26,30)(H,28,31)/t18-,19?,21?,23?/m0/s1. The molecule has 2 aromatic carbocycles. The van der Waals surface area contributed by atoms with E-state index in [0.717, 1.165) is 12.8 Å². The Balaban J connectivity index is 1.38. The molecule has 1 saturated carbocycles. The van der Waals surface area contributed by atoms with Crippen LogP contribution < -0.4 is 15.4 Å². The van der Waals surface area contributed by atoms with E-state index in [4.69, 9.17) is 0 Å². The molecule has 34 heavy (non-hydrogen) atoms. The van der Waals surface area contributed by atoms with Gasteiger partial charge in [0.25, 0.3) is 0 Å². The van der Waals surface area contributed by atoms with Crippen LogP contribution in [-0.2, 0) is 19.6 Å². The van der Waals surface area contributed by atoms with E-state index in [1.807, 2.05) is 18.2 Å². The van der Waals surface area contributed by atoms with Crippen molar-refractivity contribution in [2.24, 2.45) is 11.8 Å². The van der Waals surface area contributed by atoms with Crippen molar-refractivity contribution in [1.29, 1.82) is 0 Å². The second kappa shape index (κ2) is 12.1. The van der Waals surface area contributed by atoms with E-state index in [9.17, 15) is 23.1 Å². The number of carbonyl (C=O) groups is 2. The third-order valence-corrected chi connectivity index (χ3v) is 7.68. The Bertz CT molecular complexity index is 1040. The zero-order valence-electron chi connectivity index (χ0n) is 19.3. The number of benzene rings is 2. The third kappa shape index (κ3) is 7.38. The van der Waals surface area contributed by atoms with E-state index in [1.165, 1.54) is 0 Å². The Hall–Kier alpha value is -2.75. The average molecular weight is 488 g/mol. The maximum absolute atomic E-state index is 12.6. The number of rotatable bonds is 10. The normalized spacial score (nSPS) is 20.2. The fourth-order valence-electron chi connectivity index (χ4n) is 4.08. The van der Waals surface area contributed by atoms with Gasteiger partial charge in [-0.3, -0.25) is 9.59 Å². The minimum atomic E-state index is -3.54. The Labute approximate surface area is 201 Å². The predicted octanol–water partition coefficient (Wildman–Crippen LogP) is 2.13. The van der Waals surface area contributed by atoms with Gasteiger partial charge in [-0.05, 0) is 56.2 Å². The molecule has 2 aromatic rings. The summed E-state index contributed by atoms with van der Waals surface area (Å²) in [5.41, 5.74) is 0.710. The van der Waals surface area contributed by atoms with Crippen LogP contribution in [0.25, 0.3) is 0 Å². The summed E-state index contributed by atoms with van der Waals surface area (Å²) in [7, 11) is -3.54. The molecule has 1 aliphatic carbocycles. The maximum Gasteiger partial charge on any atom is 0.242 e. The van der Waals surface area contributed by atoms with Gasteiger partial charge in [0.05, 0.1) is 11.0 Å². The van der Waals surface area contributed by atoms with Crippen LogP contribution in [0.3, 0.4) is 0 Å². The third-order valence-electron chi connectivity index (χ3n) is 6.24. The van der Waals surface area contributed by atoms with Gasteiger partial charge in [0, 0.05) is 19.0 Å². The van der Waals surface area contributed by atoms with Gasteiger partial charge in [0.1, 0.15) is 6.04 Å². The van der Waals surface area contributed by atoms with Crippen molar-refractivity contribution in [3.8, 4) is 0 Å². The lowest BCUT2D eigenvalue weighted by molar-refractivity contribution is -0.131. The van der Waals surface area contributed by atoms with Crippen LogP contribution in [0.2, 0.25) is 0 Å². The molecular weight excluding hydrogens is 454 g/mol. The Morgan fingerprint density at radius 1 is 0.971 bits per heavy atom. The van der Waals surface area contributed by atoms with Crippen LogP contribution in [0.4, 0.5) is 0 Å². The fraction of sp³-hybridized carbons (Fsp3) is 0.440. The minimum Gasteiger partial charge on any atom is -0.387 e. The molecule has 0 heterocycles. The number of amides is 2. The van der Waals surface area contributed by atoms with Crippen molar-refractivity contribution >= 4 is 21.8 Å². The summed E-state index contributed by atoms with van der Waals surface area (Å²) in [6.07, 6.45) is 1.94. The molecule has 1 fully saturated rings. The maximum atomic E-state index is 12.6. The molecule has 0 aromatic heterocycles. The molecule has 2 atom stereocenters. The zero-order chi connectivity index (χ0) is 24.6. The van der Waals surface area contributed by atoms with Crippen molar-refractivity contribution in [3.05, 3.63) is 66.2 Å². The molecule has 1 unspecified atom stereocenters. The number of sulfonamides is 1. The van der Waals surface area contributed by atoms with Gasteiger partial charge in [-0.2, -0.15) is 0 Å². The second-order valence-corrected chi connectivity index (χ2v) is 10.6. The predicted molar refractivity (Wildman–Crippen MR) is 129 cm³/mol. The van der Waals surface area contributed by atoms with Gasteiger partial charge in [0.2, 0.25) is 21.8 Å². The van der Waals surface area contributed by atoms with Gasteiger partial charge in [0.15, 0.2) is 0 Å². The van der Waals surface area contributed by atoms with E-state index in [-0.39, 0.29) is 35.1 Å². The quantitative estimate of drug-likeness (QED) is 0.409. The van der Waals surface area contributed by atoms with Crippen molar-refractivity contribution in [1.82, 2.24) is 15.4 Å². The smallest absolute Gasteiger partial charge is 0.242 e. The van der Waals surface area contributed by atoms with E-state index < -0.39 is 22.2 Å². The molecule has 3 rings (SSSR count). The Kier molecular flexibility index (Phi) is 9.20. The molecule has 8 nitrogen and oxygen atoms in total. The largest absolute Gasteiger partial charge is 0.387 e. The summed E-state index contributed by atoms with van der Waals surface area (Å²) in [4.78, 5) is 25.2. The minimum absolute atomic E-state index is 0.0626. The summed E-state index contributed by atoms with van der Waals surface area (Å²) in [5, 5.41) is 15.6. The van der Waals surface area contributed by atoms with Gasteiger partial charge in [-0.25, -0.2) is 13.1 Å². The highest BCUT2D eigenvalue weighted by molar-refractivity contribution is 7.89. The van der Waals surface area contributed by atoms with Gasteiger partial charge < -0.3 is 15.7 Å². The first-order chi connectivity index (χ1) is 16.3. The fourth-order valence-corrected chi connectivity index (χ4v) is 5.22. The van der Waals surface area contributed by atoms with E-state index in [0.29, 0.717) is 24.9 Å². The van der Waals surface area contributed by atoms with Crippen LogP contribution >= 0.6 is 0 Å². The van der Waals surface area contributed by atoms with Crippen molar-refractivity contribution in [3.63, 3.8) is 0 Å². The summed E-state index contributed by atoms with van der Waals surface area (Å²) in [6.45, 7) is 2.02. The molecule has 4 N–H and O–H groups in total. The zero-order valence-corrected chi connectivity index (χ0v) is 20.1. The average Bonchev–Trinajstić information content (AvgIpc) is 2.87. The number of hydrogen-bond acceptors (Lipinski definition) is 5. The number of nitrogens with one attached hydrogen (secondary N) is 3. The Morgan fingerprint density at radius 2 is 1.56 bits per heavy atom. The lowest BCUT2D eigenvalue weighted by atomic mass is 9.81. The topological polar surface area (TPSA) is 125 Å². The lowest BCUT2D eigenvalue weighted by Gasteiger charge is -2.28. The van der Waals surface area contributed by atoms with Gasteiger partial charge in [-0.15, -0.1) is 0 Å². The first kappa shape index (κ1) is 25.9. The molecule has 1 aliphatic rings. The van der Waals surface area contributed by atoms with Gasteiger partial charge >= 0.3 is 0 Å². The van der Waals surface area contributed by atoms with Gasteiger partial charge in [-0.1, -0.05) is 48.5 Å². The van der Waals surface area contributed by atoms with Crippen molar-refractivity contribution < 1.29 is 23.1 Å². The molecule has 0 saturated heterocycles. The van der Waals surface area contributed by atoms with Crippen LogP contribution in [0, 0.1) is 11.8 Å². The number of carbonyl (C=O) groups excluding carboxylic acids is 2. The number of hydrogen-bond donors (Lipinski definition) is 4. The lowest BCUT2D eigenvalue weighted by Crippen LogP contribution is -2.48. The molecule has 0 radical (unpaired) electrons. The second-order valence-electron chi connectivity index (χ2n) is 8.78. The first-order valence-electron chi connectivity index (χ1n) is 11.6. The Morgan fingerprint density at radius 3 is 2.18 bits per heavy atom. The van der Waals surface area contributed by atoms with Crippen molar-refractivity contribution in [2.45, 2.75) is 49.6 Å². The van der Waals surface area contributed by atoms with Crippen LogP contribution in [0.1, 0.15) is 44.3 Å². The number of aliphatic hydroxyl groups excluding tert-OH is 1. The molecule has 0 spiro atoms. The molecule has 184 valence electrons. The SMILES string of the molecule is C[C@H](NC(=O)C1CCC(CNS(=O)(=O)c2ccccc2)CC1)C(=O)NCC(O)c1ccccc1. The van der Waals surface area contributed by atoms with E-state index >= 15 is 0 Å². The van der Waals surface area contributed by atoms with Crippen LogP contribution in [0.5, 0.6) is 0 Å². The van der Waals surface area contributed by atoms with Crippen LogP contribution in [-0.4, -0.2) is 44.5 Å². The molecule has 9 heteroatoms. The highest BCUT2D eigenvalue weighted by atomic mass is 32.2. The highest BCUT2D eigenvalue weighted by Gasteiger charge is 2.29.